The van der Waals surface area contributed by atoms with Crippen LogP contribution in [0.1, 0.15) is 0 Å². The van der Waals surface area contributed by atoms with E-state index in [4.69, 9.17) is 0 Å². The van der Waals surface area contributed by atoms with Crippen LogP contribution in [0.2, 0.25) is 0 Å². The van der Waals surface area contributed by atoms with Crippen LogP contribution < -0.4 is 5.43 Å². The van der Waals surface area contributed by atoms with Crippen molar-refractivity contribution in [1.29, 1.82) is 0 Å². The van der Waals surface area contributed by atoms with Crippen molar-refractivity contribution in [2.45, 2.75) is 4.90 Å². The molecule has 0 aliphatic rings. The molecule has 0 amide bonds. The van der Waals surface area contributed by atoms with E-state index in [0.29, 0.717) is 0 Å². The number of para-hydroxylation sites is 1. The van der Waals surface area contributed by atoms with Gasteiger partial charge in [0.25, 0.3) is 0 Å². The Balaban J connectivity index is 2.87. The Morgan fingerprint density at radius 3 is 2.85 bits per heavy atom. The molecule has 0 radical (unpaired) electrons. The van der Waals surface area contributed by atoms with Gasteiger partial charge in [-0.1, -0.05) is 12.1 Å². The minimum atomic E-state index is 0.113. The minimum absolute atomic E-state index is 0.113. The van der Waals surface area contributed by atoms with Crippen molar-refractivity contribution in [3.8, 4) is 0 Å². The lowest BCUT2D eigenvalue weighted by atomic mass is 10.2. The molecule has 0 aliphatic heterocycles. The molecular weight excluding hydrogens is 182 g/mol. The van der Waals surface area contributed by atoms with E-state index >= 15 is 0 Å². The van der Waals surface area contributed by atoms with Gasteiger partial charge in [-0.05, 0) is 18.4 Å². The summed E-state index contributed by atoms with van der Waals surface area (Å²) in [5.74, 6) is 0. The number of fused-ring (bicyclic) bond motifs is 1. The van der Waals surface area contributed by atoms with Crippen molar-refractivity contribution < 1.29 is 0 Å². The highest BCUT2D eigenvalue weighted by Crippen LogP contribution is 2.12. The van der Waals surface area contributed by atoms with E-state index in [1.807, 2.05) is 30.5 Å². The third-order valence-corrected chi connectivity index (χ3v) is 2.72. The van der Waals surface area contributed by atoms with Gasteiger partial charge in [-0.15, -0.1) is 11.8 Å². The third-order valence-electron chi connectivity index (χ3n) is 1.97. The van der Waals surface area contributed by atoms with Crippen molar-refractivity contribution in [2.75, 3.05) is 6.26 Å². The number of thioether (sulfide) groups is 1. The van der Waals surface area contributed by atoms with Gasteiger partial charge in [-0.3, -0.25) is 4.79 Å². The number of hydrogen-bond donors (Lipinski definition) is 1. The lowest BCUT2D eigenvalue weighted by Crippen LogP contribution is -2.04. The summed E-state index contributed by atoms with van der Waals surface area (Å²) in [4.78, 5) is 15.6. The molecule has 0 saturated heterocycles. The molecule has 0 spiro atoms. The van der Waals surface area contributed by atoms with Gasteiger partial charge in [0.15, 0.2) is 0 Å². The molecule has 1 aromatic heterocycles. The summed E-state index contributed by atoms with van der Waals surface area (Å²) in [5, 5.41) is 0.759. The van der Waals surface area contributed by atoms with Crippen LogP contribution in [0, 0.1) is 0 Å². The number of H-pyrrole nitrogens is 1. The largest absolute Gasteiger partial charge is 0.360 e. The van der Waals surface area contributed by atoms with Gasteiger partial charge in [-0.25, -0.2) is 0 Å². The van der Waals surface area contributed by atoms with E-state index < -0.39 is 0 Å². The Bertz CT molecular complexity index is 489. The fraction of sp³-hybridized carbons (Fsp3) is 0.100. The maximum Gasteiger partial charge on any atom is 0.202 e. The molecule has 1 heterocycles. The highest BCUT2D eigenvalue weighted by Gasteiger charge is 2.01. The highest BCUT2D eigenvalue weighted by molar-refractivity contribution is 7.98. The fourth-order valence-corrected chi connectivity index (χ4v) is 1.77. The van der Waals surface area contributed by atoms with Crippen LogP contribution in [0.4, 0.5) is 0 Å². The zero-order valence-electron chi connectivity index (χ0n) is 7.20. The second-order valence-electron chi connectivity index (χ2n) is 2.73. The van der Waals surface area contributed by atoms with Crippen LogP contribution in [0.3, 0.4) is 0 Å². The van der Waals surface area contributed by atoms with Crippen LogP contribution >= 0.6 is 11.8 Å². The van der Waals surface area contributed by atoms with Crippen LogP contribution in [0.5, 0.6) is 0 Å². The molecule has 0 unspecified atom stereocenters. The molecule has 2 rings (SSSR count). The zero-order chi connectivity index (χ0) is 9.26. The molecule has 0 fully saturated rings. The zero-order valence-corrected chi connectivity index (χ0v) is 8.02. The second kappa shape index (κ2) is 3.26. The molecule has 1 N–H and O–H groups in total. The van der Waals surface area contributed by atoms with Gasteiger partial charge in [0.1, 0.15) is 0 Å². The van der Waals surface area contributed by atoms with Crippen molar-refractivity contribution in [3.05, 3.63) is 40.7 Å². The average molecular weight is 191 g/mol. The predicted octanol–water partition coefficient (Wildman–Crippen LogP) is 2.25. The third kappa shape index (κ3) is 1.35. The standard InChI is InChI=1S/C10H9NOS/c1-13-9-6-11-8-5-3-2-4-7(8)10(9)12/h2-6H,1H3,(H,11,12). The lowest BCUT2D eigenvalue weighted by molar-refractivity contribution is 1.26. The normalized spacial score (nSPS) is 10.5. The Kier molecular flexibility index (Phi) is 2.10. The van der Waals surface area contributed by atoms with Gasteiger partial charge in [-0.2, -0.15) is 0 Å². The summed E-state index contributed by atoms with van der Waals surface area (Å²) < 4.78 is 0. The number of nitrogens with one attached hydrogen (secondary N) is 1. The molecule has 0 aliphatic carbocycles. The average Bonchev–Trinajstić information content (AvgIpc) is 2.19. The highest BCUT2D eigenvalue weighted by atomic mass is 32.2. The van der Waals surface area contributed by atoms with Crippen LogP contribution in [-0.4, -0.2) is 11.2 Å². The number of benzene rings is 1. The number of pyridine rings is 1. The minimum Gasteiger partial charge on any atom is -0.360 e. The first-order valence-electron chi connectivity index (χ1n) is 3.97. The van der Waals surface area contributed by atoms with Gasteiger partial charge in [0.2, 0.25) is 5.43 Å². The first kappa shape index (κ1) is 8.38. The SMILES string of the molecule is CSc1c[nH]c2ccccc2c1=O. The maximum atomic E-state index is 11.7. The Labute approximate surface area is 80.0 Å². The molecule has 3 heteroatoms. The maximum absolute atomic E-state index is 11.7. The van der Waals surface area contributed by atoms with Crippen molar-refractivity contribution in [3.63, 3.8) is 0 Å². The summed E-state index contributed by atoms with van der Waals surface area (Å²) >= 11 is 1.47. The second-order valence-corrected chi connectivity index (χ2v) is 3.58. The molecule has 13 heavy (non-hydrogen) atoms. The summed E-state index contributed by atoms with van der Waals surface area (Å²) in [7, 11) is 0. The van der Waals surface area contributed by atoms with E-state index in [1.54, 1.807) is 6.20 Å². The van der Waals surface area contributed by atoms with Crippen LogP contribution in [0.25, 0.3) is 10.9 Å². The summed E-state index contributed by atoms with van der Waals surface area (Å²) in [6.45, 7) is 0. The van der Waals surface area contributed by atoms with Crippen molar-refractivity contribution in [1.82, 2.24) is 4.98 Å². The van der Waals surface area contributed by atoms with E-state index in [-0.39, 0.29) is 5.43 Å². The first-order valence-corrected chi connectivity index (χ1v) is 5.20. The van der Waals surface area contributed by atoms with E-state index in [9.17, 15) is 4.79 Å². The summed E-state index contributed by atoms with van der Waals surface area (Å²) in [6, 6.07) is 7.54. The molecule has 2 nitrogen and oxygen atoms in total. The van der Waals surface area contributed by atoms with Crippen LogP contribution in [0.15, 0.2) is 40.2 Å². The predicted molar refractivity (Wildman–Crippen MR) is 56.3 cm³/mol. The smallest absolute Gasteiger partial charge is 0.202 e. The number of rotatable bonds is 1. The molecule has 0 atom stereocenters. The van der Waals surface area contributed by atoms with E-state index in [2.05, 4.69) is 4.98 Å². The Hall–Kier alpha value is -1.22. The first-order chi connectivity index (χ1) is 6.33. The van der Waals surface area contributed by atoms with Crippen molar-refractivity contribution in [2.24, 2.45) is 0 Å². The Morgan fingerprint density at radius 2 is 2.08 bits per heavy atom. The van der Waals surface area contributed by atoms with Gasteiger partial charge < -0.3 is 4.98 Å². The summed E-state index contributed by atoms with van der Waals surface area (Å²) in [6.07, 6.45) is 3.66. The molecule has 2 aromatic rings. The number of hydrogen-bond acceptors (Lipinski definition) is 2. The van der Waals surface area contributed by atoms with E-state index in [0.717, 1.165) is 15.8 Å². The lowest BCUT2D eigenvalue weighted by Gasteiger charge is -1.98. The van der Waals surface area contributed by atoms with Gasteiger partial charge in [0, 0.05) is 17.1 Å². The van der Waals surface area contributed by atoms with Crippen LogP contribution in [-0.2, 0) is 0 Å². The monoisotopic (exact) mass is 191 g/mol. The summed E-state index contributed by atoms with van der Waals surface area (Å²) in [5.41, 5.74) is 1.01. The topological polar surface area (TPSA) is 32.9 Å². The molecule has 0 saturated carbocycles. The number of aromatic amines is 1. The number of aromatic nitrogens is 1. The molecule has 0 bridgehead atoms. The molecule has 1 aromatic carbocycles. The van der Waals surface area contributed by atoms with E-state index in [1.165, 1.54) is 11.8 Å². The van der Waals surface area contributed by atoms with Gasteiger partial charge in [0.05, 0.1) is 4.90 Å². The van der Waals surface area contributed by atoms with Crippen molar-refractivity contribution >= 4 is 22.7 Å². The molecular formula is C10H9NOS. The quantitative estimate of drug-likeness (QED) is 0.701. The van der Waals surface area contributed by atoms with Gasteiger partial charge >= 0.3 is 0 Å². The molecule has 66 valence electrons. The Morgan fingerprint density at radius 1 is 1.31 bits per heavy atom. The fourth-order valence-electron chi connectivity index (χ4n) is 1.30.